The van der Waals surface area contributed by atoms with Crippen LogP contribution in [0, 0.1) is 0 Å². The van der Waals surface area contributed by atoms with Gasteiger partial charge in [-0.05, 0) is 19.8 Å². The standard InChI is InChI=1S/C8H17N3/c1-4-8(2,9)5-6-11-7-10-3/h4-6,9H2,1-3H3. The highest BCUT2D eigenvalue weighted by molar-refractivity contribution is 5.40. The largest absolute Gasteiger partial charge is 0.325 e. The van der Waals surface area contributed by atoms with Gasteiger partial charge in [-0.25, -0.2) is 9.98 Å². The third-order valence-corrected chi connectivity index (χ3v) is 1.77. The van der Waals surface area contributed by atoms with Crippen molar-refractivity contribution in [1.82, 2.24) is 0 Å². The Hall–Kier alpha value is -0.660. The Labute approximate surface area is 68.4 Å². The Morgan fingerprint density at radius 3 is 2.64 bits per heavy atom. The summed E-state index contributed by atoms with van der Waals surface area (Å²) in [5.41, 5.74) is 5.80. The molecule has 0 aliphatic heterocycles. The molecule has 3 heteroatoms. The van der Waals surface area contributed by atoms with Crippen LogP contribution < -0.4 is 5.73 Å². The zero-order chi connectivity index (χ0) is 8.74. The van der Waals surface area contributed by atoms with Gasteiger partial charge in [-0.2, -0.15) is 0 Å². The van der Waals surface area contributed by atoms with Crippen molar-refractivity contribution in [3.05, 3.63) is 0 Å². The molecule has 3 nitrogen and oxygen atoms in total. The minimum atomic E-state index is -0.0844. The van der Waals surface area contributed by atoms with Crippen LogP contribution in [0.5, 0.6) is 0 Å². The topological polar surface area (TPSA) is 50.7 Å². The number of nitrogens with zero attached hydrogens (tertiary/aromatic N) is 2. The lowest BCUT2D eigenvalue weighted by molar-refractivity contribution is 0.425. The zero-order valence-electron chi connectivity index (χ0n) is 7.59. The van der Waals surface area contributed by atoms with Crippen molar-refractivity contribution in [2.75, 3.05) is 13.6 Å². The van der Waals surface area contributed by atoms with Crippen LogP contribution in [0.4, 0.5) is 0 Å². The van der Waals surface area contributed by atoms with Crippen LogP contribution >= 0.6 is 0 Å². The predicted molar refractivity (Wildman–Crippen MR) is 48.2 cm³/mol. The average Bonchev–Trinajstić information content (AvgIpc) is 1.99. The van der Waals surface area contributed by atoms with E-state index < -0.39 is 0 Å². The Morgan fingerprint density at radius 1 is 1.55 bits per heavy atom. The maximum Gasteiger partial charge on any atom is 0.0889 e. The summed E-state index contributed by atoms with van der Waals surface area (Å²) in [6.07, 6.45) is 1.87. The summed E-state index contributed by atoms with van der Waals surface area (Å²) >= 11 is 0. The van der Waals surface area contributed by atoms with Crippen molar-refractivity contribution >= 4 is 6.01 Å². The first kappa shape index (κ1) is 10.3. The van der Waals surface area contributed by atoms with Crippen molar-refractivity contribution in [3.8, 4) is 0 Å². The summed E-state index contributed by atoms with van der Waals surface area (Å²) in [6, 6.07) is 2.54. The molecule has 0 fully saturated rings. The first-order valence-electron chi connectivity index (χ1n) is 3.91. The molecule has 0 aliphatic rings. The van der Waals surface area contributed by atoms with Crippen molar-refractivity contribution in [3.63, 3.8) is 0 Å². The highest BCUT2D eigenvalue weighted by Gasteiger charge is 2.13. The highest BCUT2D eigenvalue weighted by atomic mass is 14.8. The van der Waals surface area contributed by atoms with Crippen LogP contribution in [0.25, 0.3) is 0 Å². The molecular weight excluding hydrogens is 138 g/mol. The number of hydrogen-bond donors (Lipinski definition) is 1. The molecule has 2 N–H and O–H groups in total. The molecule has 0 aromatic carbocycles. The second-order valence-corrected chi connectivity index (χ2v) is 2.96. The van der Waals surface area contributed by atoms with E-state index in [0.717, 1.165) is 19.4 Å². The zero-order valence-corrected chi connectivity index (χ0v) is 7.59. The predicted octanol–water partition coefficient (Wildman–Crippen LogP) is 1.31. The molecule has 0 aromatic rings. The molecule has 1 unspecified atom stereocenters. The van der Waals surface area contributed by atoms with Gasteiger partial charge < -0.3 is 5.73 Å². The van der Waals surface area contributed by atoms with E-state index >= 15 is 0 Å². The van der Waals surface area contributed by atoms with Gasteiger partial charge in [0, 0.05) is 12.6 Å². The molecular formula is C8H17N3. The molecule has 64 valence electrons. The van der Waals surface area contributed by atoms with E-state index in [1.54, 1.807) is 7.05 Å². The first-order chi connectivity index (χ1) is 5.12. The maximum absolute atomic E-state index is 5.88. The molecule has 0 radical (unpaired) electrons. The van der Waals surface area contributed by atoms with E-state index in [9.17, 15) is 0 Å². The summed E-state index contributed by atoms with van der Waals surface area (Å²) in [5, 5.41) is 0. The SMILES string of the molecule is CCC(C)(N)CCN=C=NC. The smallest absolute Gasteiger partial charge is 0.0889 e. The van der Waals surface area contributed by atoms with Crippen molar-refractivity contribution in [2.24, 2.45) is 15.7 Å². The fourth-order valence-corrected chi connectivity index (χ4v) is 0.609. The average molecular weight is 155 g/mol. The van der Waals surface area contributed by atoms with Crippen LogP contribution in [-0.4, -0.2) is 25.1 Å². The van der Waals surface area contributed by atoms with Crippen LogP contribution in [0.1, 0.15) is 26.7 Å². The Balaban J connectivity index is 3.61. The molecule has 0 heterocycles. The summed E-state index contributed by atoms with van der Waals surface area (Å²) < 4.78 is 0. The second kappa shape index (κ2) is 5.05. The van der Waals surface area contributed by atoms with Gasteiger partial charge in [0.1, 0.15) is 0 Å². The Morgan fingerprint density at radius 2 is 2.18 bits per heavy atom. The fraction of sp³-hybridized carbons (Fsp3) is 0.875. The molecule has 0 aromatic heterocycles. The minimum Gasteiger partial charge on any atom is -0.325 e. The molecule has 0 aliphatic carbocycles. The fourth-order valence-electron chi connectivity index (χ4n) is 0.609. The van der Waals surface area contributed by atoms with Gasteiger partial charge in [-0.1, -0.05) is 6.92 Å². The summed E-state index contributed by atoms with van der Waals surface area (Å²) in [5.74, 6) is 0. The molecule has 1 atom stereocenters. The van der Waals surface area contributed by atoms with Gasteiger partial charge in [-0.15, -0.1) is 0 Å². The van der Waals surface area contributed by atoms with E-state index in [1.165, 1.54) is 0 Å². The lowest BCUT2D eigenvalue weighted by Crippen LogP contribution is -2.35. The quantitative estimate of drug-likeness (QED) is 0.611. The van der Waals surface area contributed by atoms with Crippen LogP contribution in [0.3, 0.4) is 0 Å². The molecule has 0 saturated carbocycles. The van der Waals surface area contributed by atoms with Gasteiger partial charge in [0.25, 0.3) is 0 Å². The van der Waals surface area contributed by atoms with Gasteiger partial charge in [0.15, 0.2) is 0 Å². The number of nitrogens with two attached hydrogens (primary N) is 1. The lowest BCUT2D eigenvalue weighted by Gasteiger charge is -2.20. The van der Waals surface area contributed by atoms with Gasteiger partial charge in [0.05, 0.1) is 12.6 Å². The van der Waals surface area contributed by atoms with E-state index in [-0.39, 0.29) is 5.54 Å². The van der Waals surface area contributed by atoms with Crippen LogP contribution in [0.2, 0.25) is 0 Å². The molecule has 0 amide bonds. The van der Waals surface area contributed by atoms with Crippen molar-refractivity contribution in [2.45, 2.75) is 32.2 Å². The number of hydrogen-bond acceptors (Lipinski definition) is 3. The molecule has 0 saturated heterocycles. The van der Waals surface area contributed by atoms with Gasteiger partial charge in [-0.3, -0.25) is 0 Å². The summed E-state index contributed by atoms with van der Waals surface area (Å²) in [4.78, 5) is 7.55. The first-order valence-corrected chi connectivity index (χ1v) is 3.91. The molecule has 11 heavy (non-hydrogen) atoms. The monoisotopic (exact) mass is 155 g/mol. The number of aliphatic imine (C=N–C) groups is 2. The maximum atomic E-state index is 5.88. The minimum absolute atomic E-state index is 0.0844. The van der Waals surface area contributed by atoms with E-state index in [2.05, 4.69) is 22.9 Å². The summed E-state index contributed by atoms with van der Waals surface area (Å²) in [6.45, 7) is 4.83. The molecule has 0 rings (SSSR count). The number of rotatable bonds is 4. The molecule has 0 bridgehead atoms. The van der Waals surface area contributed by atoms with Crippen molar-refractivity contribution in [1.29, 1.82) is 0 Å². The third-order valence-electron chi connectivity index (χ3n) is 1.77. The van der Waals surface area contributed by atoms with Gasteiger partial charge in [0.2, 0.25) is 0 Å². The van der Waals surface area contributed by atoms with E-state index in [4.69, 9.17) is 5.73 Å². The van der Waals surface area contributed by atoms with Crippen molar-refractivity contribution < 1.29 is 0 Å². The van der Waals surface area contributed by atoms with E-state index in [1.807, 2.05) is 6.92 Å². The normalized spacial score (nSPS) is 14.9. The summed E-state index contributed by atoms with van der Waals surface area (Å²) in [7, 11) is 1.66. The lowest BCUT2D eigenvalue weighted by atomic mass is 9.96. The third kappa shape index (κ3) is 5.77. The van der Waals surface area contributed by atoms with Gasteiger partial charge >= 0.3 is 0 Å². The highest BCUT2D eigenvalue weighted by Crippen LogP contribution is 2.09. The van der Waals surface area contributed by atoms with Crippen LogP contribution in [-0.2, 0) is 0 Å². The molecule has 0 spiro atoms. The second-order valence-electron chi connectivity index (χ2n) is 2.96. The Bertz CT molecular complexity index is 155. The Kier molecular flexibility index (Phi) is 4.75. The van der Waals surface area contributed by atoms with Crippen LogP contribution in [0.15, 0.2) is 9.98 Å². The van der Waals surface area contributed by atoms with E-state index in [0.29, 0.717) is 0 Å².